The third-order valence-corrected chi connectivity index (χ3v) is 12.9. The second-order valence-corrected chi connectivity index (χ2v) is 22.0. The molecule has 4 aromatic carbocycles. The Kier molecular flexibility index (Phi) is 22.4. The zero-order valence-electron chi connectivity index (χ0n) is 46.0. The van der Waals surface area contributed by atoms with Gasteiger partial charge in [0.15, 0.2) is 0 Å². The molecule has 2 aliphatic rings. The van der Waals surface area contributed by atoms with Gasteiger partial charge in [0.25, 0.3) is 11.8 Å². The molecule has 0 aromatic heterocycles. The standard InChI is InChI=1S/C33H46F2N4O5.C25H33F2N3O3/c1-7-10-38(11-8-2)31(42)24-14-21(3)13-23(18-24)30(41)37-27(17-22-15-25(34)19-26(35)16-22)29(40)28-20-36-9-12-39(28)32(43)44-33(4,5)6;1-25(2,3)33-24(32)30-10-9-29(15-17-7-5-4-6-8-17)16-22(30)23(31)21(28)13-18-11-19(26)14-20(27)12-18/h13-16,18-19,27-29,36,40H,7-12,17,20H2,1-6H3,(H,37,41);4-8,11-12,14,21-23,31H,9-10,13,15-16,28H2,1-3H3/t27-,28+,29-;21?,22-,23+/m01/s1. The van der Waals surface area contributed by atoms with E-state index in [1.54, 1.807) is 65.5 Å². The number of carbonyl (C=O) groups excluding carboxylic acids is 4. The number of ether oxygens (including phenoxy) is 2. The molecule has 4 aromatic rings. The first-order chi connectivity index (χ1) is 36.2. The fraction of sp³-hybridized carbons (Fsp3) is 0.517. The van der Waals surface area contributed by atoms with Gasteiger partial charge in [-0.3, -0.25) is 24.3 Å². The van der Waals surface area contributed by atoms with Crippen molar-refractivity contribution < 1.29 is 56.4 Å². The summed E-state index contributed by atoms with van der Waals surface area (Å²) in [6, 6.07) is 17.7. The highest BCUT2D eigenvalue weighted by atomic mass is 19.1. The predicted octanol–water partition coefficient (Wildman–Crippen LogP) is 7.76. The number of rotatable bonds is 17. The van der Waals surface area contributed by atoms with Gasteiger partial charge in [-0.15, -0.1) is 0 Å². The Bertz CT molecular complexity index is 2550. The van der Waals surface area contributed by atoms with Gasteiger partial charge in [0.1, 0.15) is 34.5 Å². The molecule has 6 atom stereocenters. The minimum Gasteiger partial charge on any atom is -0.444 e. The number of aliphatic hydroxyl groups excluding tert-OH is 2. The number of nitrogens with zero attached hydrogens (tertiary/aromatic N) is 4. The number of aryl methyl sites for hydroxylation is 1. The molecule has 6 N–H and O–H groups in total. The van der Waals surface area contributed by atoms with E-state index in [1.165, 1.54) is 28.0 Å². The lowest BCUT2D eigenvalue weighted by Gasteiger charge is -2.44. The van der Waals surface area contributed by atoms with Crippen molar-refractivity contribution in [2.24, 2.45) is 5.73 Å². The minimum atomic E-state index is -1.35. The molecule has 0 aliphatic carbocycles. The van der Waals surface area contributed by atoms with Crippen molar-refractivity contribution in [2.75, 3.05) is 52.4 Å². The van der Waals surface area contributed by atoms with Crippen LogP contribution in [-0.4, -0.2) is 154 Å². The molecule has 6 rings (SSSR count). The van der Waals surface area contributed by atoms with Crippen LogP contribution in [0, 0.1) is 30.2 Å². The quantitative estimate of drug-likeness (QED) is 0.0650. The van der Waals surface area contributed by atoms with Gasteiger partial charge in [-0.05, 0) is 139 Å². The Hall–Kier alpha value is -6.12. The number of nitrogens with one attached hydrogen (secondary N) is 2. The Balaban J connectivity index is 0.000000296. The van der Waals surface area contributed by atoms with Crippen LogP contribution in [0.25, 0.3) is 0 Å². The second kappa shape index (κ2) is 28.0. The number of hydrogen-bond donors (Lipinski definition) is 5. The largest absolute Gasteiger partial charge is 0.444 e. The van der Waals surface area contributed by atoms with Crippen molar-refractivity contribution in [3.63, 3.8) is 0 Å². The van der Waals surface area contributed by atoms with Gasteiger partial charge in [-0.1, -0.05) is 44.2 Å². The van der Waals surface area contributed by atoms with E-state index >= 15 is 0 Å². The van der Waals surface area contributed by atoms with Crippen molar-refractivity contribution in [3.8, 4) is 0 Å². The molecule has 19 heteroatoms. The number of carbonyl (C=O) groups is 4. The number of hydrogen-bond acceptors (Lipinski definition) is 11. The van der Waals surface area contributed by atoms with E-state index in [4.69, 9.17) is 15.2 Å². The van der Waals surface area contributed by atoms with E-state index in [1.807, 2.05) is 44.2 Å². The number of benzene rings is 4. The highest BCUT2D eigenvalue weighted by Gasteiger charge is 2.41. The predicted molar refractivity (Wildman–Crippen MR) is 287 cm³/mol. The van der Waals surface area contributed by atoms with Crippen molar-refractivity contribution in [1.82, 2.24) is 30.2 Å². The van der Waals surface area contributed by atoms with Crippen molar-refractivity contribution in [2.45, 2.75) is 142 Å². The number of nitrogens with two attached hydrogens (primary N) is 1. The van der Waals surface area contributed by atoms with Gasteiger partial charge in [0, 0.05) is 88.2 Å². The van der Waals surface area contributed by atoms with Crippen LogP contribution in [0.3, 0.4) is 0 Å². The van der Waals surface area contributed by atoms with Crippen LogP contribution >= 0.6 is 0 Å². The lowest BCUT2D eigenvalue weighted by atomic mass is 9.93. The van der Waals surface area contributed by atoms with Crippen molar-refractivity contribution in [3.05, 3.63) is 142 Å². The number of piperazine rings is 2. The van der Waals surface area contributed by atoms with Gasteiger partial charge in [0.2, 0.25) is 0 Å². The van der Waals surface area contributed by atoms with Crippen LogP contribution in [-0.2, 0) is 28.9 Å². The fourth-order valence-corrected chi connectivity index (χ4v) is 9.51. The van der Waals surface area contributed by atoms with Gasteiger partial charge in [-0.2, -0.15) is 0 Å². The Morgan fingerprint density at radius 3 is 1.75 bits per heavy atom. The lowest BCUT2D eigenvalue weighted by molar-refractivity contribution is -0.0389. The van der Waals surface area contributed by atoms with Crippen LogP contribution in [0.4, 0.5) is 27.2 Å². The highest BCUT2D eigenvalue weighted by Crippen LogP contribution is 2.24. The van der Waals surface area contributed by atoms with Gasteiger partial charge in [-0.25, -0.2) is 27.2 Å². The molecule has 15 nitrogen and oxygen atoms in total. The molecule has 2 heterocycles. The molecule has 2 aliphatic heterocycles. The van der Waals surface area contributed by atoms with Gasteiger partial charge in [0.05, 0.1) is 30.3 Å². The highest BCUT2D eigenvalue weighted by molar-refractivity contribution is 6.00. The van der Waals surface area contributed by atoms with E-state index in [2.05, 4.69) is 15.5 Å². The summed E-state index contributed by atoms with van der Waals surface area (Å²) < 4.78 is 66.6. The van der Waals surface area contributed by atoms with E-state index < -0.39 is 88.9 Å². The van der Waals surface area contributed by atoms with E-state index in [0.717, 1.165) is 42.7 Å². The Morgan fingerprint density at radius 2 is 1.22 bits per heavy atom. The monoisotopic (exact) mass is 1080 g/mol. The molecule has 0 bridgehead atoms. The summed E-state index contributed by atoms with van der Waals surface area (Å²) in [6.45, 7) is 20.5. The van der Waals surface area contributed by atoms with Crippen molar-refractivity contribution >= 4 is 24.0 Å². The smallest absolute Gasteiger partial charge is 0.410 e. The number of halogens is 4. The zero-order valence-corrected chi connectivity index (χ0v) is 46.0. The lowest BCUT2D eigenvalue weighted by Crippen LogP contribution is -2.63. The maximum absolute atomic E-state index is 14.1. The summed E-state index contributed by atoms with van der Waals surface area (Å²) in [5.74, 6) is -3.74. The summed E-state index contributed by atoms with van der Waals surface area (Å²) in [5, 5.41) is 28.8. The summed E-state index contributed by atoms with van der Waals surface area (Å²) >= 11 is 0. The first-order valence-corrected chi connectivity index (χ1v) is 26.4. The van der Waals surface area contributed by atoms with Gasteiger partial charge < -0.3 is 41.0 Å². The van der Waals surface area contributed by atoms with Crippen LogP contribution in [0.1, 0.15) is 111 Å². The van der Waals surface area contributed by atoms with Gasteiger partial charge >= 0.3 is 12.2 Å². The molecule has 77 heavy (non-hydrogen) atoms. The maximum atomic E-state index is 14.1. The summed E-state index contributed by atoms with van der Waals surface area (Å²) in [7, 11) is 0. The number of amides is 4. The average molecular weight is 1080 g/mol. The maximum Gasteiger partial charge on any atom is 0.410 e. The molecule has 2 fully saturated rings. The third kappa shape index (κ3) is 19.1. The van der Waals surface area contributed by atoms with Crippen LogP contribution < -0.4 is 16.4 Å². The topological polar surface area (TPSA) is 190 Å². The minimum absolute atomic E-state index is 0.0627. The second-order valence-electron chi connectivity index (χ2n) is 22.0. The third-order valence-electron chi connectivity index (χ3n) is 12.9. The molecule has 1 unspecified atom stereocenters. The summed E-state index contributed by atoms with van der Waals surface area (Å²) in [4.78, 5) is 59.8. The van der Waals surface area contributed by atoms with E-state index in [0.29, 0.717) is 62.5 Å². The number of aliphatic hydroxyl groups is 2. The SMILES string of the molecule is CC(C)(C)OC(=O)N1CCN(Cc2ccccc2)C[C@@H]1[C@@H](O)C(N)Cc1cc(F)cc(F)c1.CCCN(CCC)C(=O)c1cc(C)cc(C(=O)N[C@@H](Cc2cc(F)cc(F)c2)[C@H](O)[C@H]2CNCCN2C(=O)OC(C)(C)C)c1. The molecule has 4 amide bonds. The molecule has 0 spiro atoms. The summed E-state index contributed by atoms with van der Waals surface area (Å²) in [6.07, 6.45) is -2.08. The normalized spacial score (nSPS) is 17.8. The van der Waals surface area contributed by atoms with Crippen LogP contribution in [0.15, 0.2) is 84.9 Å². The van der Waals surface area contributed by atoms with Crippen molar-refractivity contribution in [1.29, 1.82) is 0 Å². The molecule has 422 valence electrons. The molecule has 2 saturated heterocycles. The van der Waals surface area contributed by atoms with E-state index in [9.17, 15) is 47.0 Å². The zero-order chi connectivity index (χ0) is 56.8. The first kappa shape index (κ1) is 61.7. The Morgan fingerprint density at radius 1 is 0.701 bits per heavy atom. The molecular formula is C58H79F4N7O8. The molecule has 0 saturated carbocycles. The molecular weight excluding hydrogens is 999 g/mol. The Labute approximate surface area is 451 Å². The van der Waals surface area contributed by atoms with Crippen LogP contribution in [0.2, 0.25) is 0 Å². The fourth-order valence-electron chi connectivity index (χ4n) is 9.51. The van der Waals surface area contributed by atoms with Crippen LogP contribution in [0.5, 0.6) is 0 Å². The first-order valence-electron chi connectivity index (χ1n) is 26.4. The summed E-state index contributed by atoms with van der Waals surface area (Å²) in [5.41, 5.74) is 7.78. The molecule has 0 radical (unpaired) electrons. The van der Waals surface area contributed by atoms with E-state index in [-0.39, 0.29) is 43.0 Å². The average Bonchev–Trinajstić information content (AvgIpc) is 3.34.